The summed E-state index contributed by atoms with van der Waals surface area (Å²) in [6.45, 7) is 0. The molecular formula is C22H15N5. The summed E-state index contributed by atoms with van der Waals surface area (Å²) in [6, 6.07) is 25.9. The average molecular weight is 349 g/mol. The Kier molecular flexibility index (Phi) is 3.68. The van der Waals surface area contributed by atoms with E-state index < -0.39 is 0 Å². The molecule has 0 saturated heterocycles. The molecule has 0 spiro atoms. The van der Waals surface area contributed by atoms with Crippen molar-refractivity contribution in [3.8, 4) is 34.2 Å². The highest BCUT2D eigenvalue weighted by molar-refractivity contribution is 5.95. The van der Waals surface area contributed by atoms with Crippen LogP contribution in [-0.2, 0) is 0 Å². The minimum atomic E-state index is 0.631. The average Bonchev–Trinajstić information content (AvgIpc) is 3.24. The van der Waals surface area contributed by atoms with Gasteiger partial charge in [-0.25, -0.2) is 9.97 Å². The predicted molar refractivity (Wildman–Crippen MR) is 106 cm³/mol. The molecule has 0 atom stereocenters. The largest absolute Gasteiger partial charge is 0.257 e. The van der Waals surface area contributed by atoms with E-state index in [1.54, 1.807) is 6.20 Å². The Bertz CT molecular complexity index is 1210. The number of pyridine rings is 2. The Hall–Kier alpha value is -3.86. The molecule has 5 rings (SSSR count). The Morgan fingerprint density at radius 1 is 0.704 bits per heavy atom. The van der Waals surface area contributed by atoms with Gasteiger partial charge < -0.3 is 0 Å². The van der Waals surface area contributed by atoms with Gasteiger partial charge in [-0.05, 0) is 24.3 Å². The van der Waals surface area contributed by atoms with E-state index in [0.717, 1.165) is 33.4 Å². The van der Waals surface area contributed by atoms with E-state index in [4.69, 9.17) is 4.98 Å². The third-order valence-electron chi connectivity index (χ3n) is 4.42. The number of para-hydroxylation sites is 1. The van der Waals surface area contributed by atoms with Crippen molar-refractivity contribution >= 4 is 10.9 Å². The molecule has 1 N–H and O–H groups in total. The van der Waals surface area contributed by atoms with Crippen molar-refractivity contribution in [3.05, 3.63) is 85.1 Å². The highest BCUT2D eigenvalue weighted by Crippen LogP contribution is 2.30. The number of aromatic nitrogens is 5. The van der Waals surface area contributed by atoms with Crippen LogP contribution < -0.4 is 0 Å². The minimum absolute atomic E-state index is 0.631. The molecule has 3 heterocycles. The molecular weight excluding hydrogens is 334 g/mol. The van der Waals surface area contributed by atoms with Gasteiger partial charge in [0.1, 0.15) is 5.69 Å². The summed E-state index contributed by atoms with van der Waals surface area (Å²) in [5.41, 5.74) is 4.58. The fourth-order valence-electron chi connectivity index (χ4n) is 3.12. The van der Waals surface area contributed by atoms with E-state index in [0.29, 0.717) is 11.6 Å². The molecule has 128 valence electrons. The smallest absolute Gasteiger partial charge is 0.182 e. The van der Waals surface area contributed by atoms with Gasteiger partial charge in [-0.3, -0.25) is 10.1 Å². The first-order valence-electron chi connectivity index (χ1n) is 8.68. The molecule has 27 heavy (non-hydrogen) atoms. The molecule has 5 aromatic rings. The van der Waals surface area contributed by atoms with Crippen LogP contribution in [0.1, 0.15) is 0 Å². The van der Waals surface area contributed by atoms with Crippen LogP contribution in [0.5, 0.6) is 0 Å². The quantitative estimate of drug-likeness (QED) is 0.510. The topological polar surface area (TPSA) is 67.3 Å². The summed E-state index contributed by atoms with van der Waals surface area (Å²) >= 11 is 0. The first-order valence-corrected chi connectivity index (χ1v) is 8.68. The minimum Gasteiger partial charge on any atom is -0.257 e. The maximum absolute atomic E-state index is 4.82. The SMILES string of the molecule is c1ccc(-c2cc(-c3n[nH]c(-c4ccccn4)n3)c3ccccc3n2)cc1. The third-order valence-corrected chi connectivity index (χ3v) is 4.42. The lowest BCUT2D eigenvalue weighted by Gasteiger charge is -2.07. The lowest BCUT2D eigenvalue weighted by molar-refractivity contribution is 1.09. The molecule has 5 heteroatoms. The van der Waals surface area contributed by atoms with E-state index in [2.05, 4.69) is 32.3 Å². The van der Waals surface area contributed by atoms with Crippen LogP contribution in [0.25, 0.3) is 45.1 Å². The number of nitrogens with zero attached hydrogens (tertiary/aromatic N) is 4. The van der Waals surface area contributed by atoms with Gasteiger partial charge in [0.15, 0.2) is 11.6 Å². The number of fused-ring (bicyclic) bond motifs is 1. The van der Waals surface area contributed by atoms with Gasteiger partial charge in [0.2, 0.25) is 0 Å². The Morgan fingerprint density at radius 3 is 2.37 bits per heavy atom. The molecule has 0 unspecified atom stereocenters. The number of hydrogen-bond acceptors (Lipinski definition) is 4. The summed E-state index contributed by atoms with van der Waals surface area (Å²) in [7, 11) is 0. The van der Waals surface area contributed by atoms with Crippen molar-refractivity contribution in [1.82, 2.24) is 25.1 Å². The molecule has 0 amide bonds. The first-order chi connectivity index (χ1) is 13.4. The Balaban J connectivity index is 1.70. The van der Waals surface area contributed by atoms with Crippen molar-refractivity contribution in [2.75, 3.05) is 0 Å². The van der Waals surface area contributed by atoms with Crippen LogP contribution in [0.4, 0.5) is 0 Å². The van der Waals surface area contributed by atoms with Gasteiger partial charge >= 0.3 is 0 Å². The van der Waals surface area contributed by atoms with Gasteiger partial charge in [-0.1, -0.05) is 54.6 Å². The number of benzene rings is 2. The van der Waals surface area contributed by atoms with Crippen LogP contribution >= 0.6 is 0 Å². The lowest BCUT2D eigenvalue weighted by atomic mass is 10.0. The van der Waals surface area contributed by atoms with Crippen molar-refractivity contribution in [2.45, 2.75) is 0 Å². The first kappa shape index (κ1) is 15.4. The third kappa shape index (κ3) is 2.85. The molecule has 5 nitrogen and oxygen atoms in total. The number of nitrogens with one attached hydrogen (secondary N) is 1. The predicted octanol–water partition coefficient (Wildman–Crippen LogP) is 4.75. The van der Waals surface area contributed by atoms with Gasteiger partial charge in [0.25, 0.3) is 0 Å². The van der Waals surface area contributed by atoms with E-state index in [1.165, 1.54) is 0 Å². The number of hydrogen-bond donors (Lipinski definition) is 1. The van der Waals surface area contributed by atoms with Crippen LogP contribution in [0, 0.1) is 0 Å². The second kappa shape index (κ2) is 6.46. The highest BCUT2D eigenvalue weighted by atomic mass is 15.2. The maximum Gasteiger partial charge on any atom is 0.182 e. The second-order valence-corrected chi connectivity index (χ2v) is 6.16. The Labute approximate surface area is 155 Å². The van der Waals surface area contributed by atoms with Crippen molar-refractivity contribution in [3.63, 3.8) is 0 Å². The normalized spacial score (nSPS) is 11.0. The second-order valence-electron chi connectivity index (χ2n) is 6.16. The molecule has 0 fully saturated rings. The summed E-state index contributed by atoms with van der Waals surface area (Å²) in [5, 5.41) is 8.46. The van der Waals surface area contributed by atoms with Gasteiger partial charge in [-0.2, -0.15) is 5.10 Å². The molecule has 3 aromatic heterocycles. The van der Waals surface area contributed by atoms with Crippen LogP contribution in [-0.4, -0.2) is 25.1 Å². The van der Waals surface area contributed by atoms with E-state index >= 15 is 0 Å². The number of aromatic amines is 1. The molecule has 2 aromatic carbocycles. The standard InChI is InChI=1S/C22H15N5/c1-2-8-15(9-3-1)20-14-17(16-10-4-5-11-18(16)24-20)21-25-22(27-26-21)19-12-6-7-13-23-19/h1-14H,(H,25,26,27). The van der Waals surface area contributed by atoms with Crippen LogP contribution in [0.2, 0.25) is 0 Å². The van der Waals surface area contributed by atoms with Crippen LogP contribution in [0.3, 0.4) is 0 Å². The molecule has 0 aliphatic rings. The van der Waals surface area contributed by atoms with Crippen molar-refractivity contribution in [1.29, 1.82) is 0 Å². The zero-order chi connectivity index (χ0) is 18.1. The van der Waals surface area contributed by atoms with Crippen LogP contribution in [0.15, 0.2) is 85.1 Å². The fourth-order valence-corrected chi connectivity index (χ4v) is 3.12. The van der Waals surface area contributed by atoms with E-state index in [1.807, 2.05) is 66.7 Å². The Morgan fingerprint density at radius 2 is 1.52 bits per heavy atom. The van der Waals surface area contributed by atoms with E-state index in [-0.39, 0.29) is 0 Å². The highest BCUT2D eigenvalue weighted by Gasteiger charge is 2.14. The number of H-pyrrole nitrogens is 1. The van der Waals surface area contributed by atoms with Crippen molar-refractivity contribution in [2.24, 2.45) is 0 Å². The zero-order valence-corrected chi connectivity index (χ0v) is 14.4. The maximum atomic E-state index is 4.82. The fraction of sp³-hybridized carbons (Fsp3) is 0. The summed E-state index contributed by atoms with van der Waals surface area (Å²) in [4.78, 5) is 13.8. The summed E-state index contributed by atoms with van der Waals surface area (Å²) in [5.74, 6) is 1.28. The molecule has 0 aliphatic heterocycles. The van der Waals surface area contributed by atoms with Gasteiger partial charge in [0, 0.05) is 22.7 Å². The number of rotatable bonds is 3. The molecule has 0 aliphatic carbocycles. The van der Waals surface area contributed by atoms with Gasteiger partial charge in [-0.15, -0.1) is 0 Å². The lowest BCUT2D eigenvalue weighted by Crippen LogP contribution is -1.91. The summed E-state index contributed by atoms with van der Waals surface area (Å²) < 4.78 is 0. The molecule has 0 radical (unpaired) electrons. The zero-order valence-electron chi connectivity index (χ0n) is 14.4. The molecule has 0 bridgehead atoms. The van der Waals surface area contributed by atoms with Gasteiger partial charge in [0.05, 0.1) is 11.2 Å². The van der Waals surface area contributed by atoms with E-state index in [9.17, 15) is 0 Å². The monoisotopic (exact) mass is 349 g/mol. The van der Waals surface area contributed by atoms with Crippen molar-refractivity contribution < 1.29 is 0 Å². The molecule has 0 saturated carbocycles. The summed E-state index contributed by atoms with van der Waals surface area (Å²) in [6.07, 6.45) is 1.74.